The minimum Gasteiger partial charge on any atom is -0.351 e. The Morgan fingerprint density at radius 3 is 2.52 bits per heavy atom. The number of likely N-dealkylation sites (N-methyl/N-ethyl adjacent to an activating group) is 1. The highest BCUT2D eigenvalue weighted by Crippen LogP contribution is 2.22. The number of rotatable bonds is 8. The number of nitrogens with one attached hydrogen (secondary N) is 1. The van der Waals surface area contributed by atoms with Gasteiger partial charge in [-0.3, -0.25) is 9.69 Å². The third-order valence-electron chi connectivity index (χ3n) is 4.59. The summed E-state index contributed by atoms with van der Waals surface area (Å²) in [5, 5.41) is 3.89. The average Bonchev–Trinajstić information content (AvgIpc) is 3.13. The number of nitrogens with zero attached hydrogens (tertiary/aromatic N) is 2. The van der Waals surface area contributed by atoms with E-state index >= 15 is 0 Å². The highest BCUT2D eigenvalue weighted by molar-refractivity contribution is 7.19. The normalized spacial score (nSPS) is 12.7. The molecule has 0 aliphatic heterocycles. The lowest BCUT2D eigenvalue weighted by Crippen LogP contribution is -2.37. The zero-order valence-electron chi connectivity index (χ0n) is 15.8. The van der Waals surface area contributed by atoms with Crippen LogP contribution in [0.4, 0.5) is 0 Å². The molecule has 4 nitrogen and oxygen atoms in total. The number of aromatic nitrogens is 1. The molecule has 27 heavy (non-hydrogen) atoms. The number of benzene rings is 2. The Balaban J connectivity index is 1.64. The average molecular weight is 380 g/mol. The number of hydrogen-bond acceptors (Lipinski definition) is 4. The molecule has 5 heteroatoms. The van der Waals surface area contributed by atoms with Crippen molar-refractivity contribution in [2.75, 3.05) is 19.6 Å². The number of amides is 1. The van der Waals surface area contributed by atoms with Crippen molar-refractivity contribution in [3.05, 3.63) is 71.2 Å². The van der Waals surface area contributed by atoms with Gasteiger partial charge in [0, 0.05) is 12.6 Å². The molecule has 140 valence electrons. The molecule has 0 unspecified atom stereocenters. The summed E-state index contributed by atoms with van der Waals surface area (Å²) in [6.07, 6.45) is 3.36. The Bertz CT molecular complexity index is 867. The molecule has 1 N–H and O–H groups in total. The molecule has 0 aliphatic carbocycles. The van der Waals surface area contributed by atoms with Crippen LogP contribution in [0.5, 0.6) is 0 Å². The molecule has 0 aliphatic rings. The van der Waals surface area contributed by atoms with E-state index in [0.29, 0.717) is 6.54 Å². The van der Waals surface area contributed by atoms with E-state index in [9.17, 15) is 4.79 Å². The Hall–Kier alpha value is -2.50. The summed E-state index contributed by atoms with van der Waals surface area (Å²) in [5.41, 5.74) is 2.19. The van der Waals surface area contributed by atoms with E-state index in [1.54, 1.807) is 23.5 Å². The number of carbonyl (C=O) groups excluding carboxylic acids is 1. The first-order valence-electron chi connectivity index (χ1n) is 9.31. The van der Waals surface area contributed by atoms with Crippen molar-refractivity contribution in [3.63, 3.8) is 0 Å². The number of carbonyl (C=O) groups is 1. The highest BCUT2D eigenvalue weighted by atomic mass is 32.1. The van der Waals surface area contributed by atoms with Crippen LogP contribution in [0.1, 0.15) is 30.5 Å². The van der Waals surface area contributed by atoms with Gasteiger partial charge in [0.05, 0.1) is 16.3 Å². The van der Waals surface area contributed by atoms with Gasteiger partial charge in [-0.05, 0) is 36.9 Å². The third kappa shape index (κ3) is 5.02. The molecule has 0 fully saturated rings. The molecule has 3 rings (SSSR count). The molecular weight excluding hydrogens is 354 g/mol. The van der Waals surface area contributed by atoms with Crippen molar-refractivity contribution in [3.8, 4) is 0 Å². The summed E-state index contributed by atoms with van der Waals surface area (Å²) in [5.74, 6) is -0.0951. The number of para-hydroxylation sites is 1. The Kier molecular flexibility index (Phi) is 6.74. The molecule has 0 saturated heterocycles. The lowest BCUT2D eigenvalue weighted by atomic mass is 10.1. The largest absolute Gasteiger partial charge is 0.351 e. The van der Waals surface area contributed by atoms with E-state index in [1.807, 2.05) is 42.5 Å². The lowest BCUT2D eigenvalue weighted by molar-refractivity contribution is -0.116. The van der Waals surface area contributed by atoms with Crippen LogP contribution in [0.15, 0.2) is 60.7 Å². The Morgan fingerprint density at radius 1 is 1.11 bits per heavy atom. The first kappa shape index (κ1) is 19.3. The summed E-state index contributed by atoms with van der Waals surface area (Å²) in [4.78, 5) is 19.2. The molecule has 2 aromatic carbocycles. The minimum absolute atomic E-state index is 0.0951. The maximum Gasteiger partial charge on any atom is 0.244 e. The van der Waals surface area contributed by atoms with E-state index in [1.165, 1.54) is 5.56 Å². The highest BCUT2D eigenvalue weighted by Gasteiger charge is 2.18. The molecule has 3 aromatic rings. The maximum absolute atomic E-state index is 12.3. The van der Waals surface area contributed by atoms with Crippen LogP contribution in [0, 0.1) is 0 Å². The molecule has 1 amide bonds. The standard InChI is InChI=1S/C22H25N3OS/c1-3-25(4-2)19(17-10-6-5-7-11-17)16-23-21(26)14-15-22-24-18-12-8-9-13-20(18)27-22/h5-15,19H,3-4,16H2,1-2H3,(H,23,26)/b15-14+/t19-/m1/s1. The van der Waals surface area contributed by atoms with Gasteiger partial charge < -0.3 is 5.32 Å². The van der Waals surface area contributed by atoms with E-state index in [-0.39, 0.29) is 11.9 Å². The monoisotopic (exact) mass is 379 g/mol. The molecule has 0 radical (unpaired) electrons. The number of fused-ring (bicyclic) bond motifs is 1. The van der Waals surface area contributed by atoms with Gasteiger partial charge in [-0.15, -0.1) is 11.3 Å². The predicted octanol–water partition coefficient (Wildman–Crippen LogP) is 4.51. The summed E-state index contributed by atoms with van der Waals surface area (Å²) < 4.78 is 1.13. The fourth-order valence-corrected chi connectivity index (χ4v) is 4.03. The molecule has 1 atom stereocenters. The van der Waals surface area contributed by atoms with Crippen LogP contribution < -0.4 is 5.32 Å². The number of thiazole rings is 1. The van der Waals surface area contributed by atoms with E-state index < -0.39 is 0 Å². The van der Waals surface area contributed by atoms with Crippen LogP contribution in [-0.4, -0.2) is 35.4 Å². The summed E-state index contributed by atoms with van der Waals surface area (Å²) in [6.45, 7) is 6.75. The summed E-state index contributed by atoms with van der Waals surface area (Å²) in [6, 6.07) is 18.5. The smallest absolute Gasteiger partial charge is 0.244 e. The SMILES string of the molecule is CCN(CC)[C@H](CNC(=O)/C=C/c1nc2ccccc2s1)c1ccccc1. The third-order valence-corrected chi connectivity index (χ3v) is 5.60. The fraction of sp³-hybridized carbons (Fsp3) is 0.273. The summed E-state index contributed by atoms with van der Waals surface area (Å²) in [7, 11) is 0. The topological polar surface area (TPSA) is 45.2 Å². The molecule has 0 saturated carbocycles. The van der Waals surface area contributed by atoms with Crippen LogP contribution >= 0.6 is 11.3 Å². The minimum atomic E-state index is -0.0951. The van der Waals surface area contributed by atoms with Crippen molar-refractivity contribution >= 4 is 33.5 Å². The first-order valence-corrected chi connectivity index (χ1v) is 10.1. The van der Waals surface area contributed by atoms with Crippen molar-refractivity contribution in [1.29, 1.82) is 0 Å². The second-order valence-electron chi connectivity index (χ2n) is 6.25. The van der Waals surface area contributed by atoms with Crippen molar-refractivity contribution in [1.82, 2.24) is 15.2 Å². The Labute approximate surface area is 164 Å². The van der Waals surface area contributed by atoms with Gasteiger partial charge in [0.25, 0.3) is 0 Å². The summed E-state index contributed by atoms with van der Waals surface area (Å²) >= 11 is 1.59. The fourth-order valence-electron chi connectivity index (χ4n) is 3.16. The van der Waals surface area contributed by atoms with Gasteiger partial charge >= 0.3 is 0 Å². The van der Waals surface area contributed by atoms with Gasteiger partial charge in [-0.25, -0.2) is 4.98 Å². The second-order valence-corrected chi connectivity index (χ2v) is 7.31. The van der Waals surface area contributed by atoms with E-state index in [2.05, 4.69) is 41.2 Å². The molecule has 0 bridgehead atoms. The van der Waals surface area contributed by atoms with Gasteiger partial charge in [0.1, 0.15) is 5.01 Å². The van der Waals surface area contributed by atoms with Crippen LogP contribution in [0.2, 0.25) is 0 Å². The molecular formula is C22H25N3OS. The quantitative estimate of drug-likeness (QED) is 0.586. The van der Waals surface area contributed by atoms with Crippen molar-refractivity contribution < 1.29 is 4.79 Å². The van der Waals surface area contributed by atoms with Crippen LogP contribution in [0.3, 0.4) is 0 Å². The van der Waals surface area contributed by atoms with Gasteiger partial charge in [-0.2, -0.15) is 0 Å². The van der Waals surface area contributed by atoms with Crippen LogP contribution in [-0.2, 0) is 4.79 Å². The lowest BCUT2D eigenvalue weighted by Gasteiger charge is -2.30. The van der Waals surface area contributed by atoms with E-state index in [0.717, 1.165) is 28.3 Å². The van der Waals surface area contributed by atoms with Crippen LogP contribution in [0.25, 0.3) is 16.3 Å². The maximum atomic E-state index is 12.3. The Morgan fingerprint density at radius 2 is 1.81 bits per heavy atom. The molecule has 1 heterocycles. The van der Waals surface area contributed by atoms with Crippen molar-refractivity contribution in [2.24, 2.45) is 0 Å². The first-order chi connectivity index (χ1) is 13.2. The zero-order valence-corrected chi connectivity index (χ0v) is 16.6. The zero-order chi connectivity index (χ0) is 19.1. The second kappa shape index (κ2) is 9.44. The predicted molar refractivity (Wildman–Crippen MR) is 114 cm³/mol. The molecule has 1 aromatic heterocycles. The van der Waals surface area contributed by atoms with Gasteiger partial charge in [-0.1, -0.05) is 56.3 Å². The molecule has 0 spiro atoms. The number of hydrogen-bond donors (Lipinski definition) is 1. The van der Waals surface area contributed by atoms with Gasteiger partial charge in [0.15, 0.2) is 0 Å². The van der Waals surface area contributed by atoms with Gasteiger partial charge in [0.2, 0.25) is 5.91 Å². The van der Waals surface area contributed by atoms with E-state index in [4.69, 9.17) is 0 Å². The van der Waals surface area contributed by atoms with Crippen molar-refractivity contribution in [2.45, 2.75) is 19.9 Å².